The molecule has 0 bridgehead atoms. The predicted molar refractivity (Wildman–Crippen MR) is 77.9 cm³/mol. The number of anilines is 1. The Labute approximate surface area is 114 Å². The first kappa shape index (κ1) is 13.2. The van der Waals surface area contributed by atoms with Crippen LogP contribution in [0, 0.1) is 25.7 Å². The Hall–Kier alpha value is -1.23. The fraction of sp³-hybridized carbons (Fsp3) is 0.615. The number of nitrogens with zero attached hydrogens (tertiary/aromatic N) is 3. The molecule has 0 saturated carbocycles. The molecule has 0 aromatic carbocycles. The molecule has 2 atom stereocenters. The van der Waals surface area contributed by atoms with Gasteiger partial charge in [0.15, 0.2) is 5.82 Å². The zero-order valence-electron chi connectivity index (χ0n) is 11.4. The molecule has 1 saturated heterocycles. The molecule has 0 spiro atoms. The summed E-state index contributed by atoms with van der Waals surface area (Å²) in [6.07, 6.45) is 0. The number of aryl methyl sites for hydroxylation is 1. The molecular formula is C13H20N4S. The molecule has 1 aromatic heterocycles. The lowest BCUT2D eigenvalue weighted by molar-refractivity contribution is 0.494. The van der Waals surface area contributed by atoms with Gasteiger partial charge in [-0.1, -0.05) is 26.1 Å². The third kappa shape index (κ3) is 2.19. The van der Waals surface area contributed by atoms with Crippen molar-refractivity contribution in [2.45, 2.75) is 27.7 Å². The first-order chi connectivity index (χ1) is 8.41. The van der Waals surface area contributed by atoms with Gasteiger partial charge in [-0.15, -0.1) is 5.10 Å². The van der Waals surface area contributed by atoms with E-state index < -0.39 is 0 Å². The summed E-state index contributed by atoms with van der Waals surface area (Å²) >= 11 is 5.17. The Morgan fingerprint density at radius 1 is 1.22 bits per heavy atom. The molecule has 2 heterocycles. The molecule has 1 aliphatic rings. The predicted octanol–water partition coefficient (Wildman–Crippen LogP) is 1.82. The first-order valence-electron chi connectivity index (χ1n) is 6.30. The highest BCUT2D eigenvalue weighted by molar-refractivity contribution is 7.80. The average molecular weight is 264 g/mol. The van der Waals surface area contributed by atoms with Crippen molar-refractivity contribution in [3.63, 3.8) is 0 Å². The van der Waals surface area contributed by atoms with Gasteiger partial charge in [-0.05, 0) is 31.2 Å². The van der Waals surface area contributed by atoms with Crippen LogP contribution in [0.2, 0.25) is 0 Å². The summed E-state index contributed by atoms with van der Waals surface area (Å²) in [6, 6.07) is 0. The molecular weight excluding hydrogens is 244 g/mol. The van der Waals surface area contributed by atoms with Gasteiger partial charge in [-0.25, -0.2) is 0 Å². The van der Waals surface area contributed by atoms with E-state index >= 15 is 0 Å². The number of aromatic nitrogens is 2. The quantitative estimate of drug-likeness (QED) is 0.826. The van der Waals surface area contributed by atoms with Crippen LogP contribution in [-0.4, -0.2) is 28.3 Å². The zero-order valence-corrected chi connectivity index (χ0v) is 12.2. The van der Waals surface area contributed by atoms with Gasteiger partial charge in [-0.3, -0.25) is 0 Å². The zero-order chi connectivity index (χ0) is 13.4. The van der Waals surface area contributed by atoms with Crippen LogP contribution in [0.5, 0.6) is 0 Å². The van der Waals surface area contributed by atoms with Gasteiger partial charge in [0.2, 0.25) is 0 Å². The molecule has 1 aliphatic heterocycles. The minimum Gasteiger partial charge on any atom is -0.389 e. The van der Waals surface area contributed by atoms with E-state index in [1.807, 2.05) is 13.8 Å². The van der Waals surface area contributed by atoms with Crippen molar-refractivity contribution >= 4 is 23.0 Å². The summed E-state index contributed by atoms with van der Waals surface area (Å²) in [5.74, 6) is 2.17. The van der Waals surface area contributed by atoms with Crippen molar-refractivity contribution in [2.24, 2.45) is 17.6 Å². The summed E-state index contributed by atoms with van der Waals surface area (Å²) in [4.78, 5) is 2.66. The van der Waals surface area contributed by atoms with Crippen LogP contribution in [0.1, 0.15) is 30.7 Å². The highest BCUT2D eigenvalue weighted by Gasteiger charge is 2.29. The van der Waals surface area contributed by atoms with Crippen LogP contribution in [0.15, 0.2) is 0 Å². The molecule has 0 radical (unpaired) electrons. The standard InChI is InChI=1S/C13H20N4S/c1-7-5-17(6-8(7)2)13-11(12(14)18)9(3)10(4)15-16-13/h7-8H,5-6H2,1-4H3,(H2,14,18). The van der Waals surface area contributed by atoms with Gasteiger partial charge in [0.25, 0.3) is 0 Å². The second-order valence-electron chi connectivity index (χ2n) is 5.33. The minimum atomic E-state index is 0.410. The van der Waals surface area contributed by atoms with Crippen molar-refractivity contribution in [2.75, 3.05) is 18.0 Å². The summed E-state index contributed by atoms with van der Waals surface area (Å²) in [6.45, 7) is 10.5. The Kier molecular flexibility index (Phi) is 3.52. The molecule has 2 N–H and O–H groups in total. The van der Waals surface area contributed by atoms with E-state index in [0.717, 1.165) is 35.7 Å². The molecule has 5 heteroatoms. The Morgan fingerprint density at radius 2 is 1.78 bits per heavy atom. The molecule has 0 aliphatic carbocycles. The maximum Gasteiger partial charge on any atom is 0.161 e. The second kappa shape index (κ2) is 4.80. The van der Waals surface area contributed by atoms with Crippen LogP contribution in [0.4, 0.5) is 5.82 Å². The molecule has 1 aromatic rings. The summed E-state index contributed by atoms with van der Waals surface area (Å²) in [5.41, 5.74) is 8.68. The van der Waals surface area contributed by atoms with E-state index in [-0.39, 0.29) is 0 Å². The van der Waals surface area contributed by atoms with Gasteiger partial charge >= 0.3 is 0 Å². The van der Waals surface area contributed by atoms with E-state index in [9.17, 15) is 0 Å². The van der Waals surface area contributed by atoms with Crippen LogP contribution in [0.25, 0.3) is 0 Å². The average Bonchev–Trinajstić information content (AvgIpc) is 2.62. The van der Waals surface area contributed by atoms with Crippen LogP contribution in [0.3, 0.4) is 0 Å². The normalized spacial score (nSPS) is 23.4. The van der Waals surface area contributed by atoms with E-state index in [2.05, 4.69) is 28.9 Å². The third-order valence-corrected chi connectivity index (χ3v) is 4.17. The Bertz CT molecular complexity index is 476. The van der Waals surface area contributed by atoms with Gasteiger partial charge < -0.3 is 10.6 Å². The monoisotopic (exact) mass is 264 g/mol. The Morgan fingerprint density at radius 3 is 2.28 bits per heavy atom. The fourth-order valence-electron chi connectivity index (χ4n) is 2.41. The van der Waals surface area contributed by atoms with Gasteiger partial charge in [0.1, 0.15) is 4.99 Å². The largest absolute Gasteiger partial charge is 0.389 e. The van der Waals surface area contributed by atoms with Crippen molar-refractivity contribution in [1.82, 2.24) is 10.2 Å². The summed E-state index contributed by atoms with van der Waals surface area (Å²) in [7, 11) is 0. The van der Waals surface area contributed by atoms with Crippen molar-refractivity contribution in [1.29, 1.82) is 0 Å². The van der Waals surface area contributed by atoms with E-state index in [1.54, 1.807) is 0 Å². The number of thiocarbonyl (C=S) groups is 1. The highest BCUT2D eigenvalue weighted by Crippen LogP contribution is 2.30. The van der Waals surface area contributed by atoms with Crippen LogP contribution < -0.4 is 10.6 Å². The SMILES string of the molecule is Cc1nnc(N2CC(C)C(C)C2)c(C(N)=S)c1C. The third-order valence-electron chi connectivity index (χ3n) is 3.97. The second-order valence-corrected chi connectivity index (χ2v) is 5.77. The molecule has 98 valence electrons. The Balaban J connectivity index is 2.45. The van der Waals surface area contributed by atoms with Gasteiger partial charge in [-0.2, -0.15) is 5.10 Å². The van der Waals surface area contributed by atoms with Crippen LogP contribution >= 0.6 is 12.2 Å². The first-order valence-corrected chi connectivity index (χ1v) is 6.71. The lowest BCUT2D eigenvalue weighted by atomic mass is 10.0. The van der Waals surface area contributed by atoms with Crippen molar-refractivity contribution < 1.29 is 0 Å². The minimum absolute atomic E-state index is 0.410. The smallest absolute Gasteiger partial charge is 0.161 e. The summed E-state index contributed by atoms with van der Waals surface area (Å²) in [5, 5.41) is 8.53. The van der Waals surface area contributed by atoms with Gasteiger partial charge in [0.05, 0.1) is 11.3 Å². The number of nitrogens with two attached hydrogens (primary N) is 1. The maximum absolute atomic E-state index is 5.86. The lowest BCUT2D eigenvalue weighted by Crippen LogP contribution is -2.27. The van der Waals surface area contributed by atoms with Crippen LogP contribution in [-0.2, 0) is 0 Å². The number of rotatable bonds is 2. The molecule has 2 unspecified atom stereocenters. The molecule has 1 fully saturated rings. The fourth-order valence-corrected chi connectivity index (χ4v) is 2.66. The van der Waals surface area contributed by atoms with Gasteiger partial charge in [0, 0.05) is 13.1 Å². The molecule has 0 amide bonds. The topological polar surface area (TPSA) is 55.0 Å². The highest BCUT2D eigenvalue weighted by atomic mass is 32.1. The van der Waals surface area contributed by atoms with E-state index in [0.29, 0.717) is 16.8 Å². The molecule has 2 rings (SSSR count). The maximum atomic E-state index is 5.86. The van der Waals surface area contributed by atoms with E-state index in [4.69, 9.17) is 18.0 Å². The molecule has 4 nitrogen and oxygen atoms in total. The summed E-state index contributed by atoms with van der Waals surface area (Å²) < 4.78 is 0. The van der Waals surface area contributed by atoms with E-state index in [1.165, 1.54) is 0 Å². The molecule has 18 heavy (non-hydrogen) atoms. The lowest BCUT2D eigenvalue weighted by Gasteiger charge is -2.21. The van der Waals surface area contributed by atoms with Crippen molar-refractivity contribution in [3.05, 3.63) is 16.8 Å². The number of hydrogen-bond donors (Lipinski definition) is 1. The number of hydrogen-bond acceptors (Lipinski definition) is 4. The van der Waals surface area contributed by atoms with Crippen molar-refractivity contribution in [3.8, 4) is 0 Å².